The molecule has 0 aliphatic heterocycles. The number of nitrogens with one attached hydrogen (secondary N) is 1. The molecule has 3 rings (SSSR count). The van der Waals surface area contributed by atoms with Crippen LogP contribution in [0.15, 0.2) is 48.8 Å². The van der Waals surface area contributed by atoms with Crippen LogP contribution >= 0.6 is 23.2 Å². The smallest absolute Gasteiger partial charge is 0.137 e. The van der Waals surface area contributed by atoms with Crippen molar-refractivity contribution in [2.45, 2.75) is 6.42 Å². The summed E-state index contributed by atoms with van der Waals surface area (Å²) in [5.41, 5.74) is 1.70. The second-order valence-corrected chi connectivity index (χ2v) is 5.69. The van der Waals surface area contributed by atoms with Gasteiger partial charge in [0.2, 0.25) is 0 Å². The molecule has 2 aromatic carbocycles. The minimum Gasteiger partial charge on any atom is -0.368 e. The van der Waals surface area contributed by atoms with Crippen molar-refractivity contribution in [2.75, 3.05) is 11.9 Å². The summed E-state index contributed by atoms with van der Waals surface area (Å²) in [5.74, 6) is 6.97. The Hall–Kier alpha value is -2.28. The van der Waals surface area contributed by atoms with Gasteiger partial charge in [0.15, 0.2) is 0 Å². The fourth-order valence-corrected chi connectivity index (χ4v) is 2.59. The van der Waals surface area contributed by atoms with Crippen molar-refractivity contribution in [3.63, 3.8) is 0 Å². The van der Waals surface area contributed by atoms with Crippen LogP contribution in [0.3, 0.4) is 0 Å². The molecule has 5 heteroatoms. The highest BCUT2D eigenvalue weighted by Gasteiger charge is 2.01. The van der Waals surface area contributed by atoms with E-state index in [4.69, 9.17) is 23.2 Å². The SMILES string of the molecule is Clc1ccc(C#CCCNc2ncnc3ccccc23)c(Cl)c1. The van der Waals surface area contributed by atoms with Gasteiger partial charge in [0.1, 0.15) is 12.1 Å². The molecule has 3 nitrogen and oxygen atoms in total. The molecule has 1 N–H and O–H groups in total. The lowest BCUT2D eigenvalue weighted by molar-refractivity contribution is 1.07. The number of hydrogen-bond acceptors (Lipinski definition) is 3. The number of nitrogens with zero attached hydrogens (tertiary/aromatic N) is 2. The third-order valence-electron chi connectivity index (χ3n) is 3.24. The molecule has 0 amide bonds. The highest BCUT2D eigenvalue weighted by Crippen LogP contribution is 2.20. The molecule has 114 valence electrons. The zero-order chi connectivity index (χ0) is 16.1. The summed E-state index contributed by atoms with van der Waals surface area (Å²) in [5, 5.41) is 5.47. The van der Waals surface area contributed by atoms with E-state index in [0.29, 0.717) is 23.0 Å². The van der Waals surface area contributed by atoms with E-state index in [0.717, 1.165) is 22.3 Å². The van der Waals surface area contributed by atoms with E-state index in [1.807, 2.05) is 30.3 Å². The second kappa shape index (κ2) is 7.32. The number of anilines is 1. The van der Waals surface area contributed by atoms with Gasteiger partial charge in [0.25, 0.3) is 0 Å². The van der Waals surface area contributed by atoms with Gasteiger partial charge in [0.05, 0.1) is 10.5 Å². The summed E-state index contributed by atoms with van der Waals surface area (Å²) in [6.45, 7) is 0.694. The monoisotopic (exact) mass is 341 g/mol. The zero-order valence-electron chi connectivity index (χ0n) is 12.2. The van der Waals surface area contributed by atoms with Gasteiger partial charge < -0.3 is 5.32 Å². The quantitative estimate of drug-likeness (QED) is 0.549. The summed E-state index contributed by atoms with van der Waals surface area (Å²) in [6.07, 6.45) is 2.24. The largest absolute Gasteiger partial charge is 0.368 e. The van der Waals surface area contributed by atoms with Crippen molar-refractivity contribution in [3.05, 3.63) is 64.4 Å². The molecule has 1 heterocycles. The van der Waals surface area contributed by atoms with E-state index in [9.17, 15) is 0 Å². The number of aromatic nitrogens is 2. The molecular formula is C18H13Cl2N3. The molecule has 23 heavy (non-hydrogen) atoms. The number of hydrogen-bond donors (Lipinski definition) is 1. The van der Waals surface area contributed by atoms with Gasteiger partial charge in [-0.3, -0.25) is 0 Å². The van der Waals surface area contributed by atoms with Gasteiger partial charge in [-0.2, -0.15) is 0 Å². The topological polar surface area (TPSA) is 37.8 Å². The summed E-state index contributed by atoms with van der Waals surface area (Å²) < 4.78 is 0. The number of fused-ring (bicyclic) bond motifs is 1. The van der Waals surface area contributed by atoms with Crippen LogP contribution in [-0.2, 0) is 0 Å². The highest BCUT2D eigenvalue weighted by atomic mass is 35.5. The number of benzene rings is 2. The molecular weight excluding hydrogens is 329 g/mol. The van der Waals surface area contributed by atoms with E-state index in [1.165, 1.54) is 0 Å². The summed E-state index contributed by atoms with van der Waals surface area (Å²) in [7, 11) is 0. The molecule has 3 aromatic rings. The van der Waals surface area contributed by atoms with Crippen LogP contribution in [0.5, 0.6) is 0 Å². The predicted molar refractivity (Wildman–Crippen MR) is 96.0 cm³/mol. The first-order valence-corrected chi connectivity index (χ1v) is 7.87. The Morgan fingerprint density at radius 1 is 1.04 bits per heavy atom. The average Bonchev–Trinajstić information content (AvgIpc) is 2.56. The fraction of sp³-hybridized carbons (Fsp3) is 0.111. The average molecular weight is 342 g/mol. The molecule has 0 aliphatic carbocycles. The van der Waals surface area contributed by atoms with Gasteiger partial charge in [-0.05, 0) is 30.3 Å². The van der Waals surface area contributed by atoms with Crippen LogP contribution in [-0.4, -0.2) is 16.5 Å². The Balaban J connectivity index is 1.63. The van der Waals surface area contributed by atoms with Crippen LogP contribution in [0.2, 0.25) is 10.0 Å². The van der Waals surface area contributed by atoms with Gasteiger partial charge in [-0.15, -0.1) is 0 Å². The lowest BCUT2D eigenvalue weighted by atomic mass is 10.2. The summed E-state index contributed by atoms with van der Waals surface area (Å²) in [4.78, 5) is 8.52. The van der Waals surface area contributed by atoms with E-state index in [2.05, 4.69) is 27.1 Å². The summed E-state index contributed by atoms with van der Waals surface area (Å²) in [6, 6.07) is 13.2. The minimum atomic E-state index is 0.569. The number of halogens is 2. The first kappa shape index (κ1) is 15.6. The van der Waals surface area contributed by atoms with Gasteiger partial charge in [-0.1, -0.05) is 47.2 Å². The van der Waals surface area contributed by atoms with Crippen molar-refractivity contribution in [1.29, 1.82) is 0 Å². The van der Waals surface area contributed by atoms with Gasteiger partial charge in [0, 0.05) is 28.9 Å². The van der Waals surface area contributed by atoms with Crippen molar-refractivity contribution in [3.8, 4) is 11.8 Å². The van der Waals surface area contributed by atoms with Gasteiger partial charge >= 0.3 is 0 Å². The zero-order valence-corrected chi connectivity index (χ0v) is 13.7. The molecule has 0 fully saturated rings. The van der Waals surface area contributed by atoms with E-state index < -0.39 is 0 Å². The maximum Gasteiger partial charge on any atom is 0.137 e. The molecule has 0 aliphatic rings. The van der Waals surface area contributed by atoms with Crippen LogP contribution < -0.4 is 5.32 Å². The molecule has 0 saturated heterocycles. The molecule has 0 radical (unpaired) electrons. The van der Waals surface area contributed by atoms with Crippen LogP contribution in [0.25, 0.3) is 10.9 Å². The Kier molecular flexibility index (Phi) is 4.97. The van der Waals surface area contributed by atoms with E-state index >= 15 is 0 Å². The maximum atomic E-state index is 6.08. The number of rotatable bonds is 3. The normalized spacial score (nSPS) is 10.2. The van der Waals surface area contributed by atoms with Gasteiger partial charge in [-0.25, -0.2) is 9.97 Å². The van der Waals surface area contributed by atoms with Crippen molar-refractivity contribution < 1.29 is 0 Å². The summed E-state index contributed by atoms with van der Waals surface area (Å²) >= 11 is 11.9. The minimum absolute atomic E-state index is 0.569. The molecule has 0 saturated carbocycles. The fourth-order valence-electron chi connectivity index (χ4n) is 2.14. The third-order valence-corrected chi connectivity index (χ3v) is 3.79. The Morgan fingerprint density at radius 3 is 2.78 bits per heavy atom. The standard InChI is InChI=1S/C18H13Cl2N3/c19-14-9-8-13(16(20)11-14)5-3-4-10-21-18-15-6-1-2-7-17(15)22-12-23-18/h1-2,6-9,11-12H,4,10H2,(H,21,22,23). The molecule has 0 spiro atoms. The van der Waals surface area contributed by atoms with E-state index in [-0.39, 0.29) is 0 Å². The van der Waals surface area contributed by atoms with E-state index in [1.54, 1.807) is 18.5 Å². The molecule has 1 aromatic heterocycles. The number of para-hydroxylation sites is 1. The molecule has 0 atom stereocenters. The van der Waals surface area contributed by atoms with Crippen LogP contribution in [0, 0.1) is 11.8 Å². The lowest BCUT2D eigenvalue weighted by Gasteiger charge is -2.06. The molecule has 0 bridgehead atoms. The Morgan fingerprint density at radius 2 is 1.91 bits per heavy atom. The predicted octanol–water partition coefficient (Wildman–Crippen LogP) is 4.79. The maximum absolute atomic E-state index is 6.08. The Bertz CT molecular complexity index is 892. The molecule has 0 unspecified atom stereocenters. The van der Waals surface area contributed by atoms with Crippen molar-refractivity contribution in [2.24, 2.45) is 0 Å². The van der Waals surface area contributed by atoms with Crippen molar-refractivity contribution in [1.82, 2.24) is 9.97 Å². The second-order valence-electron chi connectivity index (χ2n) is 4.84. The first-order chi connectivity index (χ1) is 11.2. The lowest BCUT2D eigenvalue weighted by Crippen LogP contribution is -2.03. The van der Waals surface area contributed by atoms with Crippen LogP contribution in [0.1, 0.15) is 12.0 Å². The third kappa shape index (κ3) is 3.92. The Labute approximate surface area is 144 Å². The van der Waals surface area contributed by atoms with Crippen LogP contribution in [0.4, 0.5) is 5.82 Å². The van der Waals surface area contributed by atoms with Crippen molar-refractivity contribution >= 4 is 39.9 Å². The first-order valence-electron chi connectivity index (χ1n) is 7.11. The highest BCUT2D eigenvalue weighted by molar-refractivity contribution is 6.35.